The minimum absolute atomic E-state index is 0.0555. The topological polar surface area (TPSA) is 171 Å². The maximum Gasteiger partial charge on any atom is 0.408 e. The number of carbonyl (C=O) groups is 4. The van der Waals surface area contributed by atoms with Crippen LogP contribution in [0.25, 0.3) is 0 Å². The molecule has 1 saturated heterocycles. The first kappa shape index (κ1) is 31.9. The second-order valence-electron chi connectivity index (χ2n) is 12.1. The summed E-state index contributed by atoms with van der Waals surface area (Å²) in [5.41, 5.74) is -2.26. The van der Waals surface area contributed by atoms with Crippen molar-refractivity contribution in [1.29, 1.82) is 0 Å². The lowest BCUT2D eigenvalue weighted by atomic mass is 10.0. The van der Waals surface area contributed by atoms with Crippen LogP contribution in [0.15, 0.2) is 12.2 Å². The lowest BCUT2D eigenvalue weighted by molar-refractivity contribution is -0.141. The largest absolute Gasteiger partial charge is 0.444 e. The monoisotopic (exact) mass is 584 g/mol. The summed E-state index contributed by atoms with van der Waals surface area (Å²) in [5, 5.41) is 15.0. The van der Waals surface area contributed by atoms with Gasteiger partial charge in [-0.2, -0.15) is 0 Å². The second-order valence-corrected chi connectivity index (χ2v) is 14.2. The van der Waals surface area contributed by atoms with Crippen molar-refractivity contribution in [2.75, 3.05) is 6.54 Å². The number of hydrogen-bond donors (Lipinski definition) is 4. The van der Waals surface area contributed by atoms with Crippen LogP contribution in [-0.4, -0.2) is 83.4 Å². The van der Waals surface area contributed by atoms with Crippen LogP contribution in [-0.2, 0) is 29.1 Å². The Kier molecular flexibility index (Phi) is 9.92. The first-order chi connectivity index (χ1) is 18.6. The summed E-state index contributed by atoms with van der Waals surface area (Å²) in [6.07, 6.45) is 5.71. The van der Waals surface area contributed by atoms with Gasteiger partial charge in [-0.3, -0.25) is 19.1 Å². The molecule has 3 rings (SSSR count). The van der Waals surface area contributed by atoms with Crippen molar-refractivity contribution in [2.24, 2.45) is 5.92 Å². The third kappa shape index (κ3) is 7.74. The van der Waals surface area contributed by atoms with Crippen LogP contribution in [0.3, 0.4) is 0 Å². The van der Waals surface area contributed by atoms with Gasteiger partial charge in [-0.25, -0.2) is 13.2 Å². The van der Waals surface area contributed by atoms with Crippen molar-refractivity contribution in [3.05, 3.63) is 12.2 Å². The van der Waals surface area contributed by atoms with Gasteiger partial charge in [-0.15, -0.1) is 0 Å². The van der Waals surface area contributed by atoms with E-state index in [2.05, 4.69) is 15.4 Å². The van der Waals surface area contributed by atoms with E-state index in [0.29, 0.717) is 25.7 Å². The molecule has 4 N–H and O–H groups in total. The van der Waals surface area contributed by atoms with Crippen molar-refractivity contribution in [3.63, 3.8) is 0 Å². The number of carbonyl (C=O) groups excluding carboxylic acids is 4. The second kappa shape index (κ2) is 12.5. The molecule has 1 aliphatic carbocycles. The molecule has 0 aromatic heterocycles. The third-order valence-corrected chi connectivity index (χ3v) is 9.55. The molecule has 0 aromatic carbocycles. The van der Waals surface area contributed by atoms with Crippen LogP contribution < -0.4 is 15.4 Å². The SMILES string of the molecule is CCC(C)S(=O)(=O)NC(=O)[C@@]12C[C@H]1/C=C\CCCCC[C@H](NC(=O)OC(C)(C)C)C(=O)N1C[C@H](O)C[C@H]1C(=O)N2. The maximum atomic E-state index is 13.7. The Hall–Kier alpha value is -2.67. The quantitative estimate of drug-likeness (QED) is 0.352. The summed E-state index contributed by atoms with van der Waals surface area (Å²) in [7, 11) is -3.95. The molecule has 40 heavy (non-hydrogen) atoms. The molecule has 1 unspecified atom stereocenters. The van der Waals surface area contributed by atoms with Crippen molar-refractivity contribution in [2.45, 2.75) is 121 Å². The van der Waals surface area contributed by atoms with Crippen LogP contribution in [0, 0.1) is 5.92 Å². The van der Waals surface area contributed by atoms with Crippen LogP contribution in [0.4, 0.5) is 4.79 Å². The highest BCUT2D eigenvalue weighted by molar-refractivity contribution is 7.90. The van der Waals surface area contributed by atoms with Gasteiger partial charge in [-0.1, -0.05) is 31.9 Å². The Labute approximate surface area is 236 Å². The van der Waals surface area contributed by atoms with Gasteiger partial charge in [0.1, 0.15) is 23.2 Å². The zero-order chi connectivity index (χ0) is 29.9. The van der Waals surface area contributed by atoms with Gasteiger partial charge in [-0.05, 0) is 59.8 Å². The van der Waals surface area contributed by atoms with E-state index in [4.69, 9.17) is 4.74 Å². The molecule has 0 bridgehead atoms. The third-order valence-electron chi connectivity index (χ3n) is 7.69. The van der Waals surface area contributed by atoms with E-state index in [1.54, 1.807) is 27.7 Å². The average molecular weight is 585 g/mol. The average Bonchev–Trinajstić information content (AvgIpc) is 3.40. The molecule has 1 saturated carbocycles. The molecule has 6 atom stereocenters. The minimum Gasteiger partial charge on any atom is -0.444 e. The number of allylic oxidation sites excluding steroid dienone is 1. The van der Waals surface area contributed by atoms with Crippen molar-refractivity contribution in [1.82, 2.24) is 20.3 Å². The number of alkyl carbamates (subject to hydrolysis) is 1. The smallest absolute Gasteiger partial charge is 0.408 e. The number of sulfonamides is 1. The molecule has 2 heterocycles. The van der Waals surface area contributed by atoms with Gasteiger partial charge in [0.15, 0.2) is 0 Å². The summed E-state index contributed by atoms with van der Waals surface area (Å²) in [5.74, 6) is -2.42. The molecular formula is C27H44N4O8S. The molecule has 3 aliphatic rings. The van der Waals surface area contributed by atoms with Crippen molar-refractivity contribution < 1.29 is 37.4 Å². The molecule has 2 aliphatic heterocycles. The van der Waals surface area contributed by atoms with Gasteiger partial charge in [0.05, 0.1) is 11.4 Å². The molecular weight excluding hydrogens is 540 g/mol. The molecule has 4 amide bonds. The molecule has 226 valence electrons. The summed E-state index contributed by atoms with van der Waals surface area (Å²) < 4.78 is 32.8. The van der Waals surface area contributed by atoms with E-state index < -0.39 is 74.3 Å². The number of nitrogens with one attached hydrogen (secondary N) is 3. The predicted molar refractivity (Wildman–Crippen MR) is 147 cm³/mol. The Bertz CT molecular complexity index is 1120. The van der Waals surface area contributed by atoms with Gasteiger partial charge in [0.25, 0.3) is 5.91 Å². The van der Waals surface area contributed by atoms with Crippen molar-refractivity contribution >= 4 is 33.8 Å². The van der Waals surface area contributed by atoms with Crippen LogP contribution in [0.2, 0.25) is 0 Å². The number of rotatable bonds is 5. The molecule has 0 aromatic rings. The van der Waals surface area contributed by atoms with Crippen molar-refractivity contribution in [3.8, 4) is 0 Å². The Balaban J connectivity index is 1.88. The number of fused-ring (bicyclic) bond motifs is 2. The summed E-state index contributed by atoms with van der Waals surface area (Å²) in [6.45, 7) is 8.21. The number of amides is 4. The first-order valence-electron chi connectivity index (χ1n) is 14.1. The number of nitrogens with zero attached hydrogens (tertiary/aromatic N) is 1. The van der Waals surface area contributed by atoms with Gasteiger partial charge in [0.2, 0.25) is 21.8 Å². The maximum absolute atomic E-state index is 13.7. The number of ether oxygens (including phenoxy) is 1. The first-order valence-corrected chi connectivity index (χ1v) is 15.7. The Morgan fingerprint density at radius 2 is 1.95 bits per heavy atom. The van der Waals surface area contributed by atoms with E-state index in [1.807, 2.05) is 12.2 Å². The van der Waals surface area contributed by atoms with E-state index in [-0.39, 0.29) is 19.4 Å². The lowest BCUT2D eigenvalue weighted by Crippen LogP contribution is -2.58. The van der Waals surface area contributed by atoms with Crippen LogP contribution >= 0.6 is 0 Å². The van der Waals surface area contributed by atoms with E-state index in [1.165, 1.54) is 11.8 Å². The van der Waals surface area contributed by atoms with Crippen LogP contribution in [0.1, 0.15) is 86.0 Å². The molecule has 13 heteroatoms. The fourth-order valence-electron chi connectivity index (χ4n) is 5.09. The lowest BCUT2D eigenvalue weighted by Gasteiger charge is -2.30. The highest BCUT2D eigenvalue weighted by atomic mass is 32.2. The van der Waals surface area contributed by atoms with E-state index >= 15 is 0 Å². The predicted octanol–water partition coefficient (Wildman–Crippen LogP) is 1.48. The zero-order valence-electron chi connectivity index (χ0n) is 24.1. The Morgan fingerprint density at radius 3 is 2.60 bits per heavy atom. The van der Waals surface area contributed by atoms with Gasteiger partial charge < -0.3 is 25.4 Å². The number of aliphatic hydroxyl groups excluding tert-OH is 1. The summed E-state index contributed by atoms with van der Waals surface area (Å²) in [4.78, 5) is 54.3. The number of aliphatic hydroxyl groups is 1. The molecule has 0 radical (unpaired) electrons. The van der Waals surface area contributed by atoms with Gasteiger partial charge in [0, 0.05) is 18.9 Å². The highest BCUT2D eigenvalue weighted by Gasteiger charge is 2.61. The van der Waals surface area contributed by atoms with E-state index in [9.17, 15) is 32.7 Å². The Morgan fingerprint density at radius 1 is 1.25 bits per heavy atom. The van der Waals surface area contributed by atoms with E-state index in [0.717, 1.165) is 12.8 Å². The summed E-state index contributed by atoms with van der Waals surface area (Å²) in [6, 6.07) is -2.07. The molecule has 2 fully saturated rings. The molecule has 12 nitrogen and oxygen atoms in total. The normalized spacial score (nSPS) is 31.4. The summed E-state index contributed by atoms with van der Waals surface area (Å²) >= 11 is 0. The van der Waals surface area contributed by atoms with Crippen LogP contribution in [0.5, 0.6) is 0 Å². The fraction of sp³-hybridized carbons (Fsp3) is 0.778. The zero-order valence-corrected chi connectivity index (χ0v) is 24.9. The fourth-order valence-corrected chi connectivity index (χ4v) is 6.17. The number of hydrogen-bond acceptors (Lipinski definition) is 8. The standard InChI is InChI=1S/C27H44N4O8S/c1-6-17(2)40(37,38)30-24(35)27-15-18(27)12-10-8-7-9-11-13-20(28-25(36)39-26(3,4)5)23(34)31-16-19(32)14-21(31)22(33)29-27/h10,12,17-21,32H,6-9,11,13-16H2,1-5H3,(H,28,36)(H,29,33)(H,30,35)/b12-10-/t17?,18-,19-,20+,21+,27-/m1/s1. The van der Waals surface area contributed by atoms with Gasteiger partial charge >= 0.3 is 6.09 Å². The minimum atomic E-state index is -3.95. The molecule has 0 spiro atoms. The highest BCUT2D eigenvalue weighted by Crippen LogP contribution is 2.45.